The Balaban J connectivity index is 2.35. The zero-order valence-corrected chi connectivity index (χ0v) is 13.8. The third kappa shape index (κ3) is 3.36. The molecule has 0 spiro atoms. The summed E-state index contributed by atoms with van der Waals surface area (Å²) in [6, 6.07) is 1.52. The molecule has 2 rings (SSSR count). The van der Waals surface area contributed by atoms with Crippen molar-refractivity contribution in [2.24, 2.45) is 7.05 Å². The topological polar surface area (TPSA) is 74.1 Å². The van der Waals surface area contributed by atoms with Gasteiger partial charge in [0.25, 0.3) is 9.05 Å². The van der Waals surface area contributed by atoms with Gasteiger partial charge in [0.1, 0.15) is 18.1 Å². The number of nitrogens with zero attached hydrogens (tertiary/aromatic N) is 3. The quantitative estimate of drug-likeness (QED) is 0.804. The minimum Gasteiger partial charge on any atom is -0.487 e. The van der Waals surface area contributed by atoms with Crippen molar-refractivity contribution in [3.05, 3.63) is 34.6 Å². The third-order valence-electron chi connectivity index (χ3n) is 3.26. The van der Waals surface area contributed by atoms with Crippen LogP contribution in [0, 0.1) is 20.8 Å². The Morgan fingerprint density at radius 2 is 1.95 bits per heavy atom. The van der Waals surface area contributed by atoms with Crippen LogP contribution < -0.4 is 4.74 Å². The van der Waals surface area contributed by atoms with Crippen LogP contribution in [-0.4, -0.2) is 23.4 Å². The predicted octanol–water partition coefficient (Wildman–Crippen LogP) is 2.25. The van der Waals surface area contributed by atoms with Gasteiger partial charge in [0, 0.05) is 17.7 Å². The van der Waals surface area contributed by atoms with Gasteiger partial charge in [-0.3, -0.25) is 4.68 Å². The Morgan fingerprint density at radius 3 is 2.48 bits per heavy atom. The van der Waals surface area contributed by atoms with Crippen molar-refractivity contribution in [1.82, 2.24) is 15.0 Å². The van der Waals surface area contributed by atoms with Crippen molar-refractivity contribution >= 4 is 19.7 Å². The summed E-state index contributed by atoms with van der Waals surface area (Å²) in [6.07, 6.45) is 1.76. The monoisotopic (exact) mass is 329 g/mol. The lowest BCUT2D eigenvalue weighted by Gasteiger charge is -2.15. The van der Waals surface area contributed by atoms with E-state index in [-0.39, 0.29) is 11.5 Å². The Labute approximate surface area is 128 Å². The lowest BCUT2D eigenvalue weighted by molar-refractivity contribution is 0.296. The van der Waals surface area contributed by atoms with E-state index in [2.05, 4.69) is 10.3 Å². The summed E-state index contributed by atoms with van der Waals surface area (Å²) in [7, 11) is 3.45. The van der Waals surface area contributed by atoms with Gasteiger partial charge in [0.15, 0.2) is 0 Å². The summed E-state index contributed by atoms with van der Waals surface area (Å²) in [6.45, 7) is 5.56. The van der Waals surface area contributed by atoms with E-state index in [0.29, 0.717) is 22.6 Å². The van der Waals surface area contributed by atoms with Gasteiger partial charge >= 0.3 is 0 Å². The normalized spacial score (nSPS) is 11.7. The van der Waals surface area contributed by atoms with Gasteiger partial charge in [-0.15, -0.1) is 5.10 Å². The highest BCUT2D eigenvalue weighted by Crippen LogP contribution is 2.32. The van der Waals surface area contributed by atoms with Crippen LogP contribution in [0.25, 0.3) is 0 Å². The number of halogens is 1. The second-order valence-electron chi connectivity index (χ2n) is 4.88. The summed E-state index contributed by atoms with van der Waals surface area (Å²) in [5.74, 6) is 0.641. The van der Waals surface area contributed by atoms with Crippen LogP contribution in [0.2, 0.25) is 0 Å². The predicted molar refractivity (Wildman–Crippen MR) is 79.0 cm³/mol. The SMILES string of the molecule is Cc1cc(S(=O)(=O)Cl)c(C)c(C)c1OCc1cn(C)nn1. The first kappa shape index (κ1) is 15.8. The summed E-state index contributed by atoms with van der Waals surface area (Å²) in [4.78, 5) is 0.117. The molecule has 0 aliphatic heterocycles. The van der Waals surface area contributed by atoms with Crippen molar-refractivity contribution in [3.63, 3.8) is 0 Å². The second-order valence-corrected chi connectivity index (χ2v) is 7.42. The van der Waals surface area contributed by atoms with Gasteiger partial charge in [0.05, 0.1) is 11.1 Å². The van der Waals surface area contributed by atoms with Crippen molar-refractivity contribution in [1.29, 1.82) is 0 Å². The molecule has 2 aromatic rings. The molecule has 0 aliphatic rings. The summed E-state index contributed by atoms with van der Waals surface area (Å²) in [5, 5.41) is 7.77. The molecule has 0 amide bonds. The number of hydrogen-bond acceptors (Lipinski definition) is 5. The van der Waals surface area contributed by atoms with Gasteiger partial charge in [-0.25, -0.2) is 8.42 Å². The molecular formula is C13H16ClN3O3S. The zero-order valence-electron chi connectivity index (χ0n) is 12.2. The third-order valence-corrected chi connectivity index (χ3v) is 4.70. The molecule has 1 aromatic carbocycles. The summed E-state index contributed by atoms with van der Waals surface area (Å²) in [5.41, 5.74) is 2.74. The van der Waals surface area contributed by atoms with Gasteiger partial charge < -0.3 is 4.74 Å². The highest BCUT2D eigenvalue weighted by Gasteiger charge is 2.19. The zero-order chi connectivity index (χ0) is 15.8. The standard InChI is InChI=1S/C13H16ClN3O3S/c1-8-5-12(21(14,18)19)9(2)10(3)13(8)20-7-11-6-17(4)16-15-11/h5-6H,7H2,1-4H3. The first-order valence-electron chi connectivity index (χ1n) is 6.23. The molecule has 0 unspecified atom stereocenters. The minimum absolute atomic E-state index is 0.117. The van der Waals surface area contributed by atoms with Gasteiger partial charge in [-0.1, -0.05) is 5.21 Å². The number of rotatable bonds is 4. The first-order chi connectivity index (χ1) is 9.70. The second kappa shape index (κ2) is 5.65. The highest BCUT2D eigenvalue weighted by atomic mass is 35.7. The molecule has 8 heteroatoms. The molecule has 0 atom stereocenters. The maximum Gasteiger partial charge on any atom is 0.261 e. The van der Waals surface area contributed by atoms with Gasteiger partial charge in [-0.05, 0) is 43.5 Å². The van der Waals surface area contributed by atoms with Crippen molar-refractivity contribution < 1.29 is 13.2 Å². The Bertz CT molecular complexity index is 784. The summed E-state index contributed by atoms with van der Waals surface area (Å²) < 4.78 is 30.5. The summed E-state index contributed by atoms with van der Waals surface area (Å²) >= 11 is 0. The van der Waals surface area contributed by atoms with Crippen molar-refractivity contribution in [3.8, 4) is 5.75 Å². The highest BCUT2D eigenvalue weighted by molar-refractivity contribution is 8.13. The number of hydrogen-bond donors (Lipinski definition) is 0. The van der Waals surface area contributed by atoms with Gasteiger partial charge in [0.2, 0.25) is 0 Å². The molecule has 0 saturated heterocycles. The molecule has 1 heterocycles. The van der Waals surface area contributed by atoms with Crippen LogP contribution >= 0.6 is 10.7 Å². The molecule has 0 saturated carbocycles. The number of aromatic nitrogens is 3. The molecule has 6 nitrogen and oxygen atoms in total. The van der Waals surface area contributed by atoms with E-state index in [1.807, 2.05) is 0 Å². The Morgan fingerprint density at radius 1 is 1.29 bits per heavy atom. The fourth-order valence-electron chi connectivity index (χ4n) is 2.10. The van der Waals surface area contributed by atoms with E-state index < -0.39 is 9.05 Å². The molecule has 0 radical (unpaired) electrons. The van der Waals surface area contributed by atoms with Crippen LogP contribution in [0.15, 0.2) is 17.2 Å². The molecule has 1 aromatic heterocycles. The number of aryl methyl sites for hydroxylation is 2. The van der Waals surface area contributed by atoms with Gasteiger partial charge in [-0.2, -0.15) is 0 Å². The van der Waals surface area contributed by atoms with Crippen LogP contribution in [-0.2, 0) is 22.7 Å². The van der Waals surface area contributed by atoms with E-state index in [4.69, 9.17) is 15.4 Å². The van der Waals surface area contributed by atoms with Crippen LogP contribution in [0.4, 0.5) is 0 Å². The maximum absolute atomic E-state index is 11.6. The average molecular weight is 330 g/mol. The Hall–Kier alpha value is -1.60. The smallest absolute Gasteiger partial charge is 0.261 e. The average Bonchev–Trinajstić information content (AvgIpc) is 2.78. The molecule has 21 heavy (non-hydrogen) atoms. The fourth-order valence-corrected chi connectivity index (χ4v) is 3.42. The lowest BCUT2D eigenvalue weighted by atomic mass is 10.1. The van der Waals surface area contributed by atoms with Crippen LogP contribution in [0.1, 0.15) is 22.4 Å². The first-order valence-corrected chi connectivity index (χ1v) is 8.54. The minimum atomic E-state index is -3.77. The van der Waals surface area contributed by atoms with Crippen LogP contribution in [0.3, 0.4) is 0 Å². The van der Waals surface area contributed by atoms with Crippen molar-refractivity contribution in [2.45, 2.75) is 32.3 Å². The molecule has 0 aliphatic carbocycles. The molecule has 0 N–H and O–H groups in total. The number of ether oxygens (including phenoxy) is 1. The fraction of sp³-hybridized carbons (Fsp3) is 0.385. The van der Waals surface area contributed by atoms with E-state index in [1.165, 1.54) is 6.07 Å². The maximum atomic E-state index is 11.6. The largest absolute Gasteiger partial charge is 0.487 e. The van der Waals surface area contributed by atoms with E-state index in [1.54, 1.807) is 38.7 Å². The molecule has 114 valence electrons. The van der Waals surface area contributed by atoms with Crippen LogP contribution in [0.5, 0.6) is 5.75 Å². The Kier molecular flexibility index (Phi) is 4.25. The molecular weight excluding hydrogens is 314 g/mol. The van der Waals surface area contributed by atoms with E-state index in [0.717, 1.165) is 5.56 Å². The molecule has 0 fully saturated rings. The molecule has 0 bridgehead atoms. The number of benzene rings is 1. The lowest BCUT2D eigenvalue weighted by Crippen LogP contribution is -2.04. The van der Waals surface area contributed by atoms with Crippen molar-refractivity contribution in [2.75, 3.05) is 0 Å². The van der Waals surface area contributed by atoms with E-state index >= 15 is 0 Å². The van der Waals surface area contributed by atoms with E-state index in [9.17, 15) is 8.42 Å².